The van der Waals surface area contributed by atoms with Gasteiger partial charge in [-0.25, -0.2) is 9.97 Å². The lowest BCUT2D eigenvalue weighted by molar-refractivity contribution is -0.131. The summed E-state index contributed by atoms with van der Waals surface area (Å²) in [4.78, 5) is 51.6. The highest BCUT2D eigenvalue weighted by Gasteiger charge is 2.23. The summed E-state index contributed by atoms with van der Waals surface area (Å²) < 4.78 is 2.96. The van der Waals surface area contributed by atoms with Crippen LogP contribution in [0.5, 0.6) is 0 Å². The summed E-state index contributed by atoms with van der Waals surface area (Å²) in [5.74, 6) is 0.622. The molecule has 0 radical (unpaired) electrons. The quantitative estimate of drug-likeness (QED) is 0.389. The summed E-state index contributed by atoms with van der Waals surface area (Å²) in [5, 5.41) is 0. The molecule has 0 saturated carbocycles. The third kappa shape index (κ3) is 4.77. The standard InChI is InChI=1S/C27H28N6O3/c1-20-7-9-21(10-8-20)19-33-23-6-3-2-5-22(23)32(25(35)26(33)36)14-11-24(34)30-15-17-31(18-16-30)27-28-12-4-13-29-27/h2-10,12-13H,11,14-19H2,1H3. The molecule has 4 aromatic rings. The second-order valence-electron chi connectivity index (χ2n) is 8.99. The van der Waals surface area contributed by atoms with Crippen LogP contribution in [-0.2, 0) is 17.9 Å². The van der Waals surface area contributed by atoms with E-state index in [1.807, 2.05) is 55.5 Å². The Morgan fingerprint density at radius 3 is 2.08 bits per heavy atom. The van der Waals surface area contributed by atoms with Gasteiger partial charge in [0.25, 0.3) is 0 Å². The smallest absolute Gasteiger partial charge is 0.317 e. The van der Waals surface area contributed by atoms with E-state index < -0.39 is 11.1 Å². The SMILES string of the molecule is Cc1ccc(Cn2c(=O)c(=O)n(CCC(=O)N3CCN(c4ncccn4)CC3)c3ccccc32)cc1. The first-order valence-corrected chi connectivity index (χ1v) is 12.1. The topological polar surface area (TPSA) is 93.3 Å². The van der Waals surface area contributed by atoms with Gasteiger partial charge in [-0.2, -0.15) is 0 Å². The first kappa shape index (κ1) is 23.5. The molecule has 0 aliphatic carbocycles. The van der Waals surface area contributed by atoms with Gasteiger partial charge in [-0.3, -0.25) is 19.0 Å². The first-order valence-electron chi connectivity index (χ1n) is 12.1. The molecule has 0 spiro atoms. The third-order valence-electron chi connectivity index (χ3n) is 6.61. The van der Waals surface area contributed by atoms with Crippen LogP contribution in [0.15, 0.2) is 76.6 Å². The Kier molecular flexibility index (Phi) is 6.62. The van der Waals surface area contributed by atoms with Crippen LogP contribution in [0.2, 0.25) is 0 Å². The first-order chi connectivity index (χ1) is 17.5. The minimum absolute atomic E-state index is 0.0385. The summed E-state index contributed by atoms with van der Waals surface area (Å²) in [6.45, 7) is 4.88. The molecular formula is C27H28N6O3. The summed E-state index contributed by atoms with van der Waals surface area (Å²) in [7, 11) is 0. The molecule has 1 fully saturated rings. The summed E-state index contributed by atoms with van der Waals surface area (Å²) >= 11 is 0. The van der Waals surface area contributed by atoms with Gasteiger partial charge in [-0.15, -0.1) is 0 Å². The zero-order valence-corrected chi connectivity index (χ0v) is 20.2. The number of benzene rings is 2. The van der Waals surface area contributed by atoms with E-state index in [0.29, 0.717) is 49.7 Å². The van der Waals surface area contributed by atoms with Gasteiger partial charge in [-0.1, -0.05) is 42.0 Å². The summed E-state index contributed by atoms with van der Waals surface area (Å²) in [6.07, 6.45) is 3.56. The molecule has 184 valence electrons. The number of aryl methyl sites for hydroxylation is 2. The number of carbonyl (C=O) groups excluding carboxylic acids is 1. The maximum atomic E-state index is 13.1. The van der Waals surface area contributed by atoms with Gasteiger partial charge >= 0.3 is 11.1 Å². The molecule has 9 heteroatoms. The molecule has 1 aliphatic heterocycles. The fraction of sp³-hybridized carbons (Fsp3) is 0.296. The van der Waals surface area contributed by atoms with Crippen molar-refractivity contribution in [1.82, 2.24) is 24.0 Å². The van der Waals surface area contributed by atoms with E-state index >= 15 is 0 Å². The van der Waals surface area contributed by atoms with Gasteiger partial charge in [0.15, 0.2) is 0 Å². The molecule has 1 aliphatic rings. The van der Waals surface area contributed by atoms with Crippen molar-refractivity contribution in [3.05, 3.63) is 98.8 Å². The molecule has 3 heterocycles. The van der Waals surface area contributed by atoms with Gasteiger partial charge < -0.3 is 14.4 Å². The van der Waals surface area contributed by atoms with Crippen molar-refractivity contribution in [2.24, 2.45) is 0 Å². The van der Waals surface area contributed by atoms with Crippen LogP contribution < -0.4 is 16.0 Å². The number of carbonyl (C=O) groups is 1. The summed E-state index contributed by atoms with van der Waals surface area (Å²) in [5.41, 5.74) is 2.20. The zero-order valence-electron chi connectivity index (χ0n) is 20.2. The number of rotatable bonds is 6. The lowest BCUT2D eigenvalue weighted by atomic mass is 10.1. The van der Waals surface area contributed by atoms with Crippen LogP contribution in [0.4, 0.5) is 5.95 Å². The number of nitrogens with zero attached hydrogens (tertiary/aromatic N) is 6. The molecule has 5 rings (SSSR count). The van der Waals surface area contributed by atoms with Crippen molar-refractivity contribution in [3.63, 3.8) is 0 Å². The van der Waals surface area contributed by atoms with Crippen LogP contribution in [0, 0.1) is 6.92 Å². The van der Waals surface area contributed by atoms with Crippen LogP contribution in [0.3, 0.4) is 0 Å². The van der Waals surface area contributed by atoms with Gasteiger partial charge in [-0.05, 0) is 30.7 Å². The molecule has 2 aromatic heterocycles. The number of amides is 1. The predicted molar refractivity (Wildman–Crippen MR) is 138 cm³/mol. The third-order valence-corrected chi connectivity index (χ3v) is 6.61. The van der Waals surface area contributed by atoms with Crippen molar-refractivity contribution in [3.8, 4) is 0 Å². The summed E-state index contributed by atoms with van der Waals surface area (Å²) in [6, 6.07) is 17.0. The van der Waals surface area contributed by atoms with Crippen molar-refractivity contribution >= 4 is 22.9 Å². The van der Waals surface area contributed by atoms with Gasteiger partial charge in [0.1, 0.15) is 0 Å². The lowest BCUT2D eigenvalue weighted by Gasteiger charge is -2.34. The van der Waals surface area contributed by atoms with Gasteiger partial charge in [0.05, 0.1) is 17.6 Å². The molecule has 0 atom stereocenters. The number of hydrogen-bond acceptors (Lipinski definition) is 6. The van der Waals surface area contributed by atoms with E-state index in [0.717, 1.165) is 11.1 Å². The Labute approximate surface area is 208 Å². The molecule has 0 N–H and O–H groups in total. The lowest BCUT2D eigenvalue weighted by Crippen LogP contribution is -2.49. The van der Waals surface area contributed by atoms with Crippen LogP contribution in [0.25, 0.3) is 11.0 Å². The second kappa shape index (κ2) is 10.2. The minimum Gasteiger partial charge on any atom is -0.339 e. The van der Waals surface area contributed by atoms with Crippen molar-refractivity contribution < 1.29 is 4.79 Å². The molecule has 0 unspecified atom stereocenters. The van der Waals surface area contributed by atoms with E-state index in [1.165, 1.54) is 9.13 Å². The Hall–Kier alpha value is -4.27. The number of anilines is 1. The van der Waals surface area contributed by atoms with Gasteiger partial charge in [0.2, 0.25) is 11.9 Å². The van der Waals surface area contributed by atoms with E-state index in [1.54, 1.807) is 23.4 Å². The van der Waals surface area contributed by atoms with E-state index in [9.17, 15) is 14.4 Å². The highest BCUT2D eigenvalue weighted by molar-refractivity contribution is 5.78. The van der Waals surface area contributed by atoms with Gasteiger partial charge in [0, 0.05) is 51.5 Å². The van der Waals surface area contributed by atoms with Crippen LogP contribution in [0.1, 0.15) is 17.5 Å². The monoisotopic (exact) mass is 484 g/mol. The average molecular weight is 485 g/mol. The van der Waals surface area contributed by atoms with Crippen molar-refractivity contribution in [2.45, 2.75) is 26.4 Å². The number of hydrogen-bond donors (Lipinski definition) is 0. The van der Waals surface area contributed by atoms with E-state index in [-0.39, 0.29) is 18.9 Å². The number of aromatic nitrogens is 4. The van der Waals surface area contributed by atoms with E-state index in [4.69, 9.17) is 0 Å². The molecule has 1 amide bonds. The highest BCUT2D eigenvalue weighted by Crippen LogP contribution is 2.15. The van der Waals surface area contributed by atoms with Crippen LogP contribution in [-0.4, -0.2) is 56.1 Å². The molecule has 9 nitrogen and oxygen atoms in total. The second-order valence-corrected chi connectivity index (χ2v) is 8.99. The molecular weight excluding hydrogens is 456 g/mol. The average Bonchev–Trinajstić information content (AvgIpc) is 2.92. The van der Waals surface area contributed by atoms with Crippen molar-refractivity contribution in [1.29, 1.82) is 0 Å². The van der Waals surface area contributed by atoms with Crippen LogP contribution >= 0.6 is 0 Å². The normalized spacial score (nSPS) is 13.8. The Balaban J connectivity index is 1.32. The maximum Gasteiger partial charge on any atom is 0.317 e. The molecule has 36 heavy (non-hydrogen) atoms. The molecule has 2 aromatic carbocycles. The minimum atomic E-state index is -0.611. The number of piperazine rings is 1. The molecule has 1 saturated heterocycles. The van der Waals surface area contributed by atoms with Crippen molar-refractivity contribution in [2.75, 3.05) is 31.1 Å². The Morgan fingerprint density at radius 1 is 0.806 bits per heavy atom. The largest absolute Gasteiger partial charge is 0.339 e. The predicted octanol–water partition coefficient (Wildman–Crippen LogP) is 2.05. The maximum absolute atomic E-state index is 13.1. The number of para-hydroxylation sites is 2. The van der Waals surface area contributed by atoms with E-state index in [2.05, 4.69) is 14.9 Å². The Morgan fingerprint density at radius 2 is 1.42 bits per heavy atom. The fourth-order valence-corrected chi connectivity index (χ4v) is 4.60. The highest BCUT2D eigenvalue weighted by atomic mass is 16.2. The Bertz CT molecular complexity index is 1490. The molecule has 0 bridgehead atoms. The fourth-order valence-electron chi connectivity index (χ4n) is 4.60. The zero-order chi connectivity index (χ0) is 25.1. The number of fused-ring (bicyclic) bond motifs is 1.